The van der Waals surface area contributed by atoms with Gasteiger partial charge in [-0.1, -0.05) is 23.5 Å². The van der Waals surface area contributed by atoms with Crippen LogP contribution in [0.15, 0.2) is 30.3 Å². The van der Waals surface area contributed by atoms with Gasteiger partial charge in [-0.05, 0) is 68.1 Å². The minimum absolute atomic E-state index is 0.348. The van der Waals surface area contributed by atoms with Crippen LogP contribution in [-0.4, -0.2) is 23.5 Å². The molecule has 6 heteroatoms. The molecule has 0 fully saturated rings. The van der Waals surface area contributed by atoms with Gasteiger partial charge in [0.15, 0.2) is 11.7 Å². The number of amides is 1. The Labute approximate surface area is 156 Å². The number of fused-ring (bicyclic) bond motifs is 1. The van der Waals surface area contributed by atoms with E-state index in [0.29, 0.717) is 10.7 Å². The summed E-state index contributed by atoms with van der Waals surface area (Å²) in [5.74, 6) is -0.922. The summed E-state index contributed by atoms with van der Waals surface area (Å²) in [6.45, 7) is 7.57. The molecule has 0 atom stereocenters. The molecule has 0 radical (unpaired) electrons. The van der Waals surface area contributed by atoms with Crippen LogP contribution in [0, 0.1) is 27.7 Å². The third kappa shape index (κ3) is 3.91. The SMILES string of the molecule is Cc1cc(C)c2nc(NC(=O)COC(=O)c3ccc(C)c(C)c3)sc2c1. The van der Waals surface area contributed by atoms with Crippen molar-refractivity contribution in [3.63, 3.8) is 0 Å². The predicted octanol–water partition coefficient (Wildman–Crippen LogP) is 4.33. The standard InChI is InChI=1S/C20H20N2O3S/c1-11-7-14(4)18-16(8-11)26-20(22-18)21-17(23)10-25-19(24)15-6-5-12(2)13(3)9-15/h5-9H,10H2,1-4H3,(H,21,22,23). The summed E-state index contributed by atoms with van der Waals surface area (Å²) >= 11 is 1.40. The van der Waals surface area contributed by atoms with Gasteiger partial charge < -0.3 is 4.74 Å². The number of nitrogens with one attached hydrogen (secondary N) is 1. The third-order valence-corrected chi connectivity index (χ3v) is 5.07. The van der Waals surface area contributed by atoms with Gasteiger partial charge in [-0.15, -0.1) is 0 Å². The highest BCUT2D eigenvalue weighted by molar-refractivity contribution is 7.22. The average Bonchev–Trinajstić information content (AvgIpc) is 2.97. The zero-order valence-corrected chi connectivity index (χ0v) is 16.0. The Balaban J connectivity index is 1.63. The molecule has 1 heterocycles. The topological polar surface area (TPSA) is 68.3 Å². The number of esters is 1. The summed E-state index contributed by atoms with van der Waals surface area (Å²) < 4.78 is 6.12. The van der Waals surface area contributed by atoms with Crippen LogP contribution in [0.1, 0.15) is 32.6 Å². The van der Waals surface area contributed by atoms with Crippen molar-refractivity contribution in [3.05, 3.63) is 58.1 Å². The van der Waals surface area contributed by atoms with E-state index in [1.54, 1.807) is 12.1 Å². The van der Waals surface area contributed by atoms with Gasteiger partial charge in [0.05, 0.1) is 15.8 Å². The van der Waals surface area contributed by atoms with E-state index in [2.05, 4.69) is 16.4 Å². The van der Waals surface area contributed by atoms with Crippen molar-refractivity contribution in [2.45, 2.75) is 27.7 Å². The van der Waals surface area contributed by atoms with Crippen molar-refractivity contribution in [3.8, 4) is 0 Å². The number of nitrogens with zero attached hydrogens (tertiary/aromatic N) is 1. The maximum atomic E-state index is 12.1. The Morgan fingerprint density at radius 3 is 2.54 bits per heavy atom. The Morgan fingerprint density at radius 1 is 1.04 bits per heavy atom. The molecule has 1 aromatic heterocycles. The number of hydrogen-bond donors (Lipinski definition) is 1. The van der Waals surface area contributed by atoms with E-state index in [4.69, 9.17) is 4.74 Å². The molecule has 0 aliphatic rings. The van der Waals surface area contributed by atoms with Crippen LogP contribution in [0.2, 0.25) is 0 Å². The van der Waals surface area contributed by atoms with Gasteiger partial charge >= 0.3 is 5.97 Å². The maximum Gasteiger partial charge on any atom is 0.338 e. The smallest absolute Gasteiger partial charge is 0.338 e. The second kappa shape index (κ2) is 7.25. The van der Waals surface area contributed by atoms with Crippen molar-refractivity contribution in [1.29, 1.82) is 0 Å². The molecule has 1 amide bonds. The number of carbonyl (C=O) groups excluding carboxylic acids is 2. The van der Waals surface area contributed by atoms with Crippen LogP contribution in [0.4, 0.5) is 5.13 Å². The second-order valence-corrected chi connectivity index (χ2v) is 7.40. The lowest BCUT2D eigenvalue weighted by molar-refractivity contribution is -0.119. The van der Waals surface area contributed by atoms with Crippen LogP contribution >= 0.6 is 11.3 Å². The summed E-state index contributed by atoms with van der Waals surface area (Å²) in [5.41, 5.74) is 5.64. The van der Waals surface area contributed by atoms with Crippen molar-refractivity contribution >= 4 is 38.6 Å². The van der Waals surface area contributed by atoms with Crippen LogP contribution < -0.4 is 5.32 Å². The van der Waals surface area contributed by atoms with Crippen LogP contribution in [0.5, 0.6) is 0 Å². The number of aryl methyl sites for hydroxylation is 4. The number of ether oxygens (including phenoxy) is 1. The van der Waals surface area contributed by atoms with E-state index in [-0.39, 0.29) is 6.61 Å². The van der Waals surface area contributed by atoms with E-state index >= 15 is 0 Å². The Kier molecular flexibility index (Phi) is 5.04. The fourth-order valence-electron chi connectivity index (χ4n) is 2.66. The average molecular weight is 368 g/mol. The number of benzene rings is 2. The predicted molar refractivity (Wildman–Crippen MR) is 104 cm³/mol. The fraction of sp³-hybridized carbons (Fsp3) is 0.250. The summed E-state index contributed by atoms with van der Waals surface area (Å²) in [6, 6.07) is 9.40. The van der Waals surface area contributed by atoms with Crippen LogP contribution in [-0.2, 0) is 9.53 Å². The quantitative estimate of drug-likeness (QED) is 0.696. The molecule has 0 aliphatic heterocycles. The van der Waals surface area contributed by atoms with Crippen molar-refractivity contribution < 1.29 is 14.3 Å². The summed E-state index contributed by atoms with van der Waals surface area (Å²) in [6.07, 6.45) is 0. The lowest BCUT2D eigenvalue weighted by Gasteiger charge is -2.06. The number of rotatable bonds is 4. The molecule has 3 rings (SSSR count). The molecule has 0 unspecified atom stereocenters. The molecule has 3 aromatic rings. The van der Waals surface area contributed by atoms with E-state index in [0.717, 1.165) is 32.5 Å². The highest BCUT2D eigenvalue weighted by atomic mass is 32.1. The van der Waals surface area contributed by atoms with Crippen LogP contribution in [0.3, 0.4) is 0 Å². The first-order chi connectivity index (χ1) is 12.3. The largest absolute Gasteiger partial charge is 0.452 e. The van der Waals surface area contributed by atoms with Gasteiger partial charge in [-0.2, -0.15) is 0 Å². The van der Waals surface area contributed by atoms with Gasteiger partial charge in [0.1, 0.15) is 0 Å². The highest BCUT2D eigenvalue weighted by Gasteiger charge is 2.13. The third-order valence-electron chi connectivity index (χ3n) is 4.15. The monoisotopic (exact) mass is 368 g/mol. The van der Waals surface area contributed by atoms with Gasteiger partial charge in [-0.3, -0.25) is 10.1 Å². The molecule has 0 aliphatic carbocycles. The molecule has 0 saturated heterocycles. The number of anilines is 1. The summed E-state index contributed by atoms with van der Waals surface area (Å²) in [7, 11) is 0. The zero-order valence-electron chi connectivity index (χ0n) is 15.2. The fourth-order valence-corrected chi connectivity index (χ4v) is 3.72. The number of hydrogen-bond acceptors (Lipinski definition) is 5. The minimum atomic E-state index is -0.515. The van der Waals surface area contributed by atoms with Crippen molar-refractivity contribution in [2.75, 3.05) is 11.9 Å². The summed E-state index contributed by atoms with van der Waals surface area (Å²) in [4.78, 5) is 28.6. The van der Waals surface area contributed by atoms with Crippen LogP contribution in [0.25, 0.3) is 10.2 Å². The Bertz CT molecular complexity index is 1010. The van der Waals surface area contributed by atoms with Crippen molar-refractivity contribution in [1.82, 2.24) is 4.98 Å². The molecule has 26 heavy (non-hydrogen) atoms. The normalized spacial score (nSPS) is 10.8. The summed E-state index contributed by atoms with van der Waals surface area (Å²) in [5, 5.41) is 3.20. The zero-order chi connectivity index (χ0) is 18.8. The van der Waals surface area contributed by atoms with Gasteiger partial charge in [0.2, 0.25) is 0 Å². The molecule has 0 saturated carbocycles. The number of aromatic nitrogens is 1. The molecular weight excluding hydrogens is 348 g/mol. The lowest BCUT2D eigenvalue weighted by Crippen LogP contribution is -2.20. The highest BCUT2D eigenvalue weighted by Crippen LogP contribution is 2.29. The van der Waals surface area contributed by atoms with Gasteiger partial charge in [-0.25, -0.2) is 9.78 Å². The number of carbonyl (C=O) groups is 2. The first-order valence-corrected chi connectivity index (χ1v) is 9.07. The van der Waals surface area contributed by atoms with Crippen molar-refractivity contribution in [2.24, 2.45) is 0 Å². The first kappa shape index (κ1) is 18.1. The molecule has 134 valence electrons. The van der Waals surface area contributed by atoms with Gasteiger partial charge in [0, 0.05) is 0 Å². The minimum Gasteiger partial charge on any atom is -0.452 e. The molecule has 5 nitrogen and oxygen atoms in total. The molecule has 0 spiro atoms. The molecular formula is C20H20N2O3S. The van der Waals surface area contributed by atoms with E-state index in [1.807, 2.05) is 39.8 Å². The van der Waals surface area contributed by atoms with Gasteiger partial charge in [0.25, 0.3) is 5.91 Å². The first-order valence-electron chi connectivity index (χ1n) is 8.25. The van der Waals surface area contributed by atoms with E-state index < -0.39 is 11.9 Å². The molecule has 2 aromatic carbocycles. The Morgan fingerprint density at radius 2 is 1.81 bits per heavy atom. The maximum absolute atomic E-state index is 12.1. The number of thiazole rings is 1. The lowest BCUT2D eigenvalue weighted by atomic mass is 10.1. The molecule has 1 N–H and O–H groups in total. The Hall–Kier alpha value is -2.73. The second-order valence-electron chi connectivity index (χ2n) is 6.37. The van der Waals surface area contributed by atoms with E-state index in [1.165, 1.54) is 11.3 Å². The molecule has 0 bridgehead atoms. The van der Waals surface area contributed by atoms with E-state index in [9.17, 15) is 9.59 Å².